The molecule has 8 aromatic carbocycles. The van der Waals surface area contributed by atoms with Crippen LogP contribution in [0.15, 0.2) is 223 Å². The monoisotopic (exact) mass is 874 g/mol. The highest BCUT2D eigenvalue weighted by atomic mass is 15.2. The third-order valence-corrected chi connectivity index (χ3v) is 15.4. The molecular formula is C66H54N2. The first-order valence-corrected chi connectivity index (χ1v) is 24.5. The smallest absolute Gasteiger partial charge is 0.0543 e. The number of fused-ring (bicyclic) bond motifs is 10. The first-order valence-electron chi connectivity index (χ1n) is 24.5. The molecule has 1 aliphatic heterocycles. The van der Waals surface area contributed by atoms with Crippen molar-refractivity contribution in [3.8, 4) is 11.1 Å². The van der Waals surface area contributed by atoms with Crippen molar-refractivity contribution in [1.82, 2.24) is 0 Å². The standard InChI is InChI=1S/C66H54N2/c1-66(2,3)50-39-48-31-35-58-61-42-63(59-36-32-49(40-50)64(48)65(58)59)68(62-28-13-21-47-19-8-10-26-56(47)62)54-24-14-23-53(41-54)67(51-33-29-45(30-34-51)44-16-5-4-6-17-44)52-22-11-15-43(37-52)38-60(61)57-27-12-20-46-18-7-9-25-55(46)57/h4-19,21-37,40-42,46,48,60H,20,38-39H2,1-3H3. The van der Waals surface area contributed by atoms with Gasteiger partial charge in [0, 0.05) is 51.3 Å². The van der Waals surface area contributed by atoms with Crippen LogP contribution in [0.4, 0.5) is 34.1 Å². The summed E-state index contributed by atoms with van der Waals surface area (Å²) in [6.07, 6.45) is 24.7. The van der Waals surface area contributed by atoms with E-state index >= 15 is 0 Å². The zero-order valence-corrected chi connectivity index (χ0v) is 39.0. The average molecular weight is 875 g/mol. The maximum Gasteiger partial charge on any atom is 0.0543 e. The quantitative estimate of drug-likeness (QED) is 0.174. The van der Waals surface area contributed by atoms with Gasteiger partial charge in [-0.15, -0.1) is 0 Å². The van der Waals surface area contributed by atoms with Crippen LogP contribution in [0.3, 0.4) is 0 Å². The summed E-state index contributed by atoms with van der Waals surface area (Å²) >= 11 is 0. The molecule has 6 bridgehead atoms. The Labute approximate surface area is 400 Å². The van der Waals surface area contributed by atoms with Crippen LogP contribution in [-0.4, -0.2) is 0 Å². The molecule has 0 saturated heterocycles. The molecule has 8 aromatic rings. The van der Waals surface area contributed by atoms with Crippen LogP contribution in [0.2, 0.25) is 0 Å². The van der Waals surface area contributed by atoms with Crippen molar-refractivity contribution >= 4 is 67.8 Å². The van der Waals surface area contributed by atoms with Gasteiger partial charge in [-0.3, -0.25) is 0 Å². The van der Waals surface area contributed by atoms with Crippen molar-refractivity contribution in [2.45, 2.75) is 51.9 Å². The molecule has 0 saturated carbocycles. The van der Waals surface area contributed by atoms with Crippen LogP contribution >= 0.6 is 0 Å². The van der Waals surface area contributed by atoms with Crippen LogP contribution in [0.1, 0.15) is 73.3 Å². The summed E-state index contributed by atoms with van der Waals surface area (Å²) in [5, 5.41) is 5.15. The fraction of sp³-hybridized carbons (Fsp3) is 0.152. The van der Waals surface area contributed by atoms with E-state index in [0.717, 1.165) is 42.0 Å². The molecule has 13 rings (SSSR count). The third kappa shape index (κ3) is 6.76. The van der Waals surface area contributed by atoms with E-state index in [1.807, 2.05) is 0 Å². The SMILES string of the molecule is CC(C)(C)C1=Cc2ccc3c4cc(c5c3c2C(C=C5)C1)C(C1=C2C=CC=CC2CC=C1)Cc1cccc(c1)N(c1ccc(-c2ccccc2)cc1)c1cccc(c1)N4c1cccc2ccccc12. The number of rotatable bonds is 4. The van der Waals surface area contributed by atoms with Gasteiger partial charge < -0.3 is 9.80 Å². The van der Waals surface area contributed by atoms with E-state index in [-0.39, 0.29) is 11.3 Å². The lowest BCUT2D eigenvalue weighted by Gasteiger charge is -2.37. The van der Waals surface area contributed by atoms with Gasteiger partial charge in [-0.1, -0.05) is 190 Å². The molecule has 5 aliphatic rings. The van der Waals surface area contributed by atoms with Crippen LogP contribution < -0.4 is 9.80 Å². The molecule has 1 heterocycles. The van der Waals surface area contributed by atoms with Crippen molar-refractivity contribution in [3.05, 3.63) is 251 Å². The summed E-state index contributed by atoms with van der Waals surface area (Å²) in [5.74, 6) is 0.750. The molecule has 68 heavy (non-hydrogen) atoms. The maximum atomic E-state index is 2.60. The zero-order valence-electron chi connectivity index (χ0n) is 39.0. The predicted octanol–water partition coefficient (Wildman–Crippen LogP) is 18.2. The minimum Gasteiger partial charge on any atom is -0.310 e. The van der Waals surface area contributed by atoms with Gasteiger partial charge in [-0.25, -0.2) is 0 Å². The molecule has 4 aliphatic carbocycles. The van der Waals surface area contributed by atoms with Gasteiger partial charge in [0.15, 0.2) is 0 Å². The molecule has 3 unspecified atom stereocenters. The van der Waals surface area contributed by atoms with E-state index in [9.17, 15) is 0 Å². The minimum atomic E-state index is 0.0757. The maximum absolute atomic E-state index is 2.60. The summed E-state index contributed by atoms with van der Waals surface area (Å²) in [5.41, 5.74) is 20.7. The lowest BCUT2D eigenvalue weighted by Crippen LogP contribution is -2.20. The van der Waals surface area contributed by atoms with Gasteiger partial charge >= 0.3 is 0 Å². The van der Waals surface area contributed by atoms with Crippen molar-refractivity contribution in [1.29, 1.82) is 0 Å². The normalized spacial score (nSPS) is 19.1. The van der Waals surface area contributed by atoms with Gasteiger partial charge in [0.2, 0.25) is 0 Å². The molecule has 0 amide bonds. The van der Waals surface area contributed by atoms with Gasteiger partial charge in [0.1, 0.15) is 0 Å². The van der Waals surface area contributed by atoms with E-state index in [4.69, 9.17) is 0 Å². The van der Waals surface area contributed by atoms with Gasteiger partial charge in [0.25, 0.3) is 0 Å². The van der Waals surface area contributed by atoms with Crippen LogP contribution in [0, 0.1) is 11.3 Å². The second kappa shape index (κ2) is 16.0. The lowest BCUT2D eigenvalue weighted by molar-refractivity contribution is 0.477. The number of anilines is 6. The summed E-state index contributed by atoms with van der Waals surface area (Å²) in [7, 11) is 0. The van der Waals surface area contributed by atoms with Crippen molar-refractivity contribution < 1.29 is 0 Å². The molecular weight excluding hydrogens is 821 g/mol. The number of hydrogen-bond acceptors (Lipinski definition) is 2. The first-order chi connectivity index (χ1) is 33.3. The fourth-order valence-corrected chi connectivity index (χ4v) is 12.0. The molecule has 2 nitrogen and oxygen atoms in total. The molecule has 3 atom stereocenters. The molecule has 0 N–H and O–H groups in total. The zero-order chi connectivity index (χ0) is 45.5. The molecule has 0 aromatic heterocycles. The fourth-order valence-electron chi connectivity index (χ4n) is 12.0. The highest BCUT2D eigenvalue weighted by Gasteiger charge is 2.35. The van der Waals surface area contributed by atoms with E-state index in [0.29, 0.717) is 11.8 Å². The molecule has 0 spiro atoms. The van der Waals surface area contributed by atoms with Crippen molar-refractivity contribution in [2.75, 3.05) is 9.80 Å². The summed E-state index contributed by atoms with van der Waals surface area (Å²) in [6, 6.07) is 61.6. The van der Waals surface area contributed by atoms with Gasteiger partial charge in [-0.05, 0) is 140 Å². The summed E-state index contributed by atoms with van der Waals surface area (Å²) in [6.45, 7) is 7.12. The first kappa shape index (κ1) is 40.6. The van der Waals surface area contributed by atoms with Gasteiger partial charge in [-0.2, -0.15) is 0 Å². The van der Waals surface area contributed by atoms with Crippen LogP contribution in [0.25, 0.3) is 44.8 Å². The van der Waals surface area contributed by atoms with Crippen LogP contribution in [-0.2, 0) is 6.42 Å². The van der Waals surface area contributed by atoms with E-state index in [2.05, 4.69) is 249 Å². The lowest BCUT2D eigenvalue weighted by atomic mass is 9.69. The molecule has 0 fully saturated rings. The number of nitrogens with zero attached hydrogens (tertiary/aromatic N) is 2. The second-order valence-corrected chi connectivity index (χ2v) is 20.4. The molecule has 328 valence electrons. The summed E-state index contributed by atoms with van der Waals surface area (Å²) < 4.78 is 0. The molecule has 2 heteroatoms. The number of allylic oxidation sites excluding steroid dienone is 10. The topological polar surface area (TPSA) is 6.48 Å². The number of benzene rings is 8. The van der Waals surface area contributed by atoms with Crippen molar-refractivity contribution in [3.63, 3.8) is 0 Å². The Bertz CT molecular complexity index is 3530. The Hall–Kier alpha value is -7.68. The Morgan fingerprint density at radius 1 is 0.515 bits per heavy atom. The van der Waals surface area contributed by atoms with Crippen LogP contribution in [0.5, 0.6) is 0 Å². The largest absolute Gasteiger partial charge is 0.310 e. The highest BCUT2D eigenvalue weighted by molar-refractivity contribution is 6.10. The average Bonchev–Trinajstić information content (AvgIpc) is 3.38. The van der Waals surface area contributed by atoms with Gasteiger partial charge in [0.05, 0.1) is 11.4 Å². The van der Waals surface area contributed by atoms with Crippen molar-refractivity contribution in [2.24, 2.45) is 11.3 Å². The second-order valence-electron chi connectivity index (χ2n) is 20.4. The predicted molar refractivity (Wildman–Crippen MR) is 289 cm³/mol. The van der Waals surface area contributed by atoms with E-state index in [1.165, 1.54) is 88.6 Å². The molecule has 0 radical (unpaired) electrons. The van der Waals surface area contributed by atoms with E-state index in [1.54, 1.807) is 0 Å². The third-order valence-electron chi connectivity index (χ3n) is 15.4. The highest BCUT2D eigenvalue weighted by Crippen LogP contribution is 2.55. The minimum absolute atomic E-state index is 0.0757. The Morgan fingerprint density at radius 3 is 2.12 bits per heavy atom. The Balaban J connectivity index is 1.14. The Morgan fingerprint density at radius 2 is 1.26 bits per heavy atom. The number of hydrogen-bond donors (Lipinski definition) is 0. The van der Waals surface area contributed by atoms with E-state index < -0.39 is 0 Å². The summed E-state index contributed by atoms with van der Waals surface area (Å²) in [4.78, 5) is 5.05. The Kier molecular flexibility index (Phi) is 9.54.